The summed E-state index contributed by atoms with van der Waals surface area (Å²) >= 11 is 2.30. The number of fused-ring (bicyclic) bond motifs is 1. The third kappa shape index (κ3) is 2.62. The van der Waals surface area contributed by atoms with Crippen LogP contribution in [0.2, 0.25) is 0 Å². The Kier molecular flexibility index (Phi) is 3.48. The third-order valence-corrected chi connectivity index (χ3v) is 3.84. The van der Waals surface area contributed by atoms with Gasteiger partial charge in [0.15, 0.2) is 0 Å². The molecule has 0 saturated heterocycles. The van der Waals surface area contributed by atoms with Crippen LogP contribution < -0.4 is 5.73 Å². The molecule has 2 N–H and O–H groups in total. The summed E-state index contributed by atoms with van der Waals surface area (Å²) in [5.74, 6) is 0. The summed E-state index contributed by atoms with van der Waals surface area (Å²) < 4.78 is 3.03. The van der Waals surface area contributed by atoms with Crippen LogP contribution >= 0.6 is 22.6 Å². The standard InChI is InChI=1S/C14H13IN4/c15-11-3-1-10(2-4-11)7-13(16)12-8-18-19-6-5-17-9-14(12)19/h1-6,8-9,13H,7,16H2. The maximum Gasteiger partial charge on any atom is 0.0892 e. The van der Waals surface area contributed by atoms with Crippen LogP contribution in [-0.4, -0.2) is 14.6 Å². The highest BCUT2D eigenvalue weighted by molar-refractivity contribution is 14.1. The number of nitrogens with zero attached hydrogens (tertiary/aromatic N) is 3. The lowest BCUT2D eigenvalue weighted by atomic mass is 10.0. The minimum atomic E-state index is -0.0678. The molecule has 1 unspecified atom stereocenters. The zero-order chi connectivity index (χ0) is 13.2. The van der Waals surface area contributed by atoms with E-state index in [4.69, 9.17) is 5.73 Å². The Hall–Kier alpha value is -1.47. The van der Waals surface area contributed by atoms with Gasteiger partial charge in [-0.25, -0.2) is 4.52 Å². The van der Waals surface area contributed by atoms with Crippen LogP contribution in [0.15, 0.2) is 49.1 Å². The normalized spacial score (nSPS) is 12.7. The van der Waals surface area contributed by atoms with Crippen molar-refractivity contribution in [3.63, 3.8) is 0 Å². The number of hydrogen-bond donors (Lipinski definition) is 1. The maximum atomic E-state index is 6.29. The van der Waals surface area contributed by atoms with Gasteiger partial charge in [-0.3, -0.25) is 4.98 Å². The summed E-state index contributed by atoms with van der Waals surface area (Å²) in [6, 6.07) is 8.36. The van der Waals surface area contributed by atoms with E-state index < -0.39 is 0 Å². The number of halogens is 1. The Balaban J connectivity index is 1.87. The molecule has 5 heteroatoms. The van der Waals surface area contributed by atoms with Gasteiger partial charge in [0, 0.05) is 27.6 Å². The van der Waals surface area contributed by atoms with Crippen molar-refractivity contribution in [2.24, 2.45) is 5.73 Å². The van der Waals surface area contributed by atoms with Gasteiger partial charge in [-0.2, -0.15) is 5.10 Å². The van der Waals surface area contributed by atoms with Gasteiger partial charge in [0.05, 0.1) is 17.9 Å². The number of benzene rings is 1. The van der Waals surface area contributed by atoms with Crippen LogP contribution in [0.1, 0.15) is 17.2 Å². The average Bonchev–Trinajstić information content (AvgIpc) is 2.85. The molecule has 0 fully saturated rings. The van der Waals surface area contributed by atoms with Gasteiger partial charge in [-0.05, 0) is 46.7 Å². The van der Waals surface area contributed by atoms with Crippen molar-refractivity contribution in [3.05, 3.63) is 63.7 Å². The molecule has 0 aliphatic carbocycles. The van der Waals surface area contributed by atoms with Gasteiger partial charge in [0.25, 0.3) is 0 Å². The number of aromatic nitrogens is 3. The highest BCUT2D eigenvalue weighted by atomic mass is 127. The van der Waals surface area contributed by atoms with E-state index in [1.54, 1.807) is 16.9 Å². The van der Waals surface area contributed by atoms with Crippen LogP contribution in [0.3, 0.4) is 0 Å². The number of hydrogen-bond acceptors (Lipinski definition) is 3. The van der Waals surface area contributed by atoms with Crippen LogP contribution in [0.4, 0.5) is 0 Å². The minimum Gasteiger partial charge on any atom is -0.324 e. The van der Waals surface area contributed by atoms with E-state index in [0.717, 1.165) is 17.5 Å². The largest absolute Gasteiger partial charge is 0.324 e. The topological polar surface area (TPSA) is 56.2 Å². The molecule has 0 amide bonds. The first-order valence-corrected chi connectivity index (χ1v) is 7.09. The van der Waals surface area contributed by atoms with Gasteiger partial charge in [0.2, 0.25) is 0 Å². The van der Waals surface area contributed by atoms with Crippen molar-refractivity contribution in [1.82, 2.24) is 14.6 Å². The Labute approximate surface area is 124 Å². The van der Waals surface area contributed by atoms with Gasteiger partial charge in [-0.1, -0.05) is 12.1 Å². The molecule has 2 heterocycles. The summed E-state index contributed by atoms with van der Waals surface area (Å²) in [5.41, 5.74) is 9.53. The summed E-state index contributed by atoms with van der Waals surface area (Å²) in [7, 11) is 0. The van der Waals surface area contributed by atoms with Crippen molar-refractivity contribution in [2.45, 2.75) is 12.5 Å². The van der Waals surface area contributed by atoms with Crippen molar-refractivity contribution in [3.8, 4) is 0 Å². The van der Waals surface area contributed by atoms with Crippen molar-refractivity contribution < 1.29 is 0 Å². The van der Waals surface area contributed by atoms with E-state index in [0.29, 0.717) is 0 Å². The Morgan fingerprint density at radius 2 is 2.00 bits per heavy atom. The van der Waals surface area contributed by atoms with Gasteiger partial charge in [0.1, 0.15) is 0 Å². The van der Waals surface area contributed by atoms with Crippen molar-refractivity contribution >= 4 is 28.1 Å². The average molecular weight is 364 g/mol. The maximum absolute atomic E-state index is 6.29. The SMILES string of the molecule is NC(Cc1ccc(I)cc1)c1cnn2ccncc12. The third-order valence-electron chi connectivity index (χ3n) is 3.12. The van der Waals surface area contributed by atoms with E-state index >= 15 is 0 Å². The summed E-state index contributed by atoms with van der Waals surface area (Å²) in [6.45, 7) is 0. The van der Waals surface area contributed by atoms with Crippen molar-refractivity contribution in [2.75, 3.05) is 0 Å². The first-order chi connectivity index (χ1) is 9.24. The fourth-order valence-electron chi connectivity index (χ4n) is 2.12. The predicted molar refractivity (Wildman–Crippen MR) is 82.8 cm³/mol. The van der Waals surface area contributed by atoms with E-state index in [1.165, 1.54) is 9.13 Å². The molecule has 4 nitrogen and oxygen atoms in total. The molecular weight excluding hydrogens is 351 g/mol. The fourth-order valence-corrected chi connectivity index (χ4v) is 2.48. The number of nitrogens with two attached hydrogens (primary N) is 1. The van der Waals surface area contributed by atoms with Crippen LogP contribution in [0, 0.1) is 3.57 Å². The lowest BCUT2D eigenvalue weighted by Gasteiger charge is -2.10. The monoisotopic (exact) mass is 364 g/mol. The quantitative estimate of drug-likeness (QED) is 0.727. The van der Waals surface area contributed by atoms with E-state index in [9.17, 15) is 0 Å². The van der Waals surface area contributed by atoms with E-state index in [-0.39, 0.29) is 6.04 Å². The number of rotatable bonds is 3. The Bertz CT molecular complexity index is 690. The second-order valence-electron chi connectivity index (χ2n) is 4.44. The molecule has 2 aromatic heterocycles. The van der Waals surface area contributed by atoms with Crippen molar-refractivity contribution in [1.29, 1.82) is 0 Å². The summed E-state index contributed by atoms with van der Waals surface area (Å²) in [5, 5.41) is 4.29. The first-order valence-electron chi connectivity index (χ1n) is 6.01. The smallest absolute Gasteiger partial charge is 0.0892 e. The van der Waals surface area contributed by atoms with Gasteiger partial charge < -0.3 is 5.73 Å². The zero-order valence-corrected chi connectivity index (χ0v) is 12.4. The molecule has 1 atom stereocenters. The van der Waals surface area contributed by atoms with Crippen LogP contribution in [0.5, 0.6) is 0 Å². The summed E-state index contributed by atoms with van der Waals surface area (Å²) in [4.78, 5) is 4.13. The highest BCUT2D eigenvalue weighted by Crippen LogP contribution is 2.20. The molecular formula is C14H13IN4. The Morgan fingerprint density at radius 1 is 1.21 bits per heavy atom. The predicted octanol–water partition coefficient (Wildman–Crippen LogP) is 2.58. The second-order valence-corrected chi connectivity index (χ2v) is 5.69. The van der Waals surface area contributed by atoms with Crippen LogP contribution in [0.25, 0.3) is 5.52 Å². The molecule has 0 aliphatic heterocycles. The lowest BCUT2D eigenvalue weighted by molar-refractivity contribution is 0.727. The first kappa shape index (κ1) is 12.6. The minimum absolute atomic E-state index is 0.0678. The molecule has 0 bridgehead atoms. The molecule has 0 spiro atoms. The molecule has 0 radical (unpaired) electrons. The molecule has 1 aromatic carbocycles. The molecule has 96 valence electrons. The zero-order valence-electron chi connectivity index (χ0n) is 10.2. The Morgan fingerprint density at radius 3 is 2.79 bits per heavy atom. The molecule has 3 aromatic rings. The summed E-state index contributed by atoms with van der Waals surface area (Å²) in [6.07, 6.45) is 7.97. The lowest BCUT2D eigenvalue weighted by Crippen LogP contribution is -2.13. The van der Waals surface area contributed by atoms with Gasteiger partial charge >= 0.3 is 0 Å². The molecule has 0 saturated carbocycles. The van der Waals surface area contributed by atoms with E-state index in [2.05, 4.69) is 56.9 Å². The molecule has 19 heavy (non-hydrogen) atoms. The van der Waals surface area contributed by atoms with Gasteiger partial charge in [-0.15, -0.1) is 0 Å². The van der Waals surface area contributed by atoms with E-state index in [1.807, 2.05) is 12.4 Å². The molecule has 3 rings (SSSR count). The molecule has 0 aliphatic rings. The highest BCUT2D eigenvalue weighted by Gasteiger charge is 2.12. The van der Waals surface area contributed by atoms with Crippen LogP contribution in [-0.2, 0) is 6.42 Å². The fraction of sp³-hybridized carbons (Fsp3) is 0.143. The second kappa shape index (κ2) is 5.26.